The molecule has 1 amide bonds. The predicted octanol–water partition coefficient (Wildman–Crippen LogP) is 3.15. The van der Waals surface area contributed by atoms with Crippen LogP contribution in [0, 0.1) is 17.0 Å². The molecule has 0 aliphatic heterocycles. The predicted molar refractivity (Wildman–Crippen MR) is 88.4 cm³/mol. The van der Waals surface area contributed by atoms with Gasteiger partial charge in [0.15, 0.2) is 12.4 Å². The summed E-state index contributed by atoms with van der Waals surface area (Å²) in [6.45, 7) is 1.57. The Morgan fingerprint density at radius 3 is 2.91 bits per heavy atom. The quantitative estimate of drug-likeness (QED) is 0.490. The first kappa shape index (κ1) is 16.9. The number of aryl methyl sites for hydroxylation is 1. The third-order valence-electron chi connectivity index (χ3n) is 2.62. The Kier molecular flexibility index (Phi) is 5.67. The van der Waals surface area contributed by atoms with Crippen LogP contribution in [0.2, 0.25) is 5.02 Å². The number of nitro benzene ring substituents is 1. The third-order valence-corrected chi connectivity index (χ3v) is 3.79. The van der Waals surface area contributed by atoms with Gasteiger partial charge in [0, 0.05) is 20.8 Å². The minimum atomic E-state index is -0.629. The van der Waals surface area contributed by atoms with E-state index in [0.29, 0.717) is 0 Å². The molecule has 0 atom stereocenters. The number of benzene rings is 1. The zero-order valence-corrected chi connectivity index (χ0v) is 13.6. The van der Waals surface area contributed by atoms with Gasteiger partial charge < -0.3 is 4.74 Å². The molecule has 0 saturated heterocycles. The lowest BCUT2D eigenvalue weighted by Crippen LogP contribution is -2.24. The van der Waals surface area contributed by atoms with Crippen LogP contribution in [0.1, 0.15) is 9.75 Å². The maximum Gasteiger partial charge on any atom is 0.312 e. The fraction of sp³-hybridized carbons (Fsp3) is 0.143. The van der Waals surface area contributed by atoms with Crippen LogP contribution >= 0.6 is 22.9 Å². The monoisotopic (exact) mass is 353 g/mol. The first-order valence-corrected chi connectivity index (χ1v) is 7.60. The molecule has 0 aliphatic carbocycles. The van der Waals surface area contributed by atoms with Crippen molar-refractivity contribution in [2.24, 2.45) is 5.10 Å². The van der Waals surface area contributed by atoms with Crippen molar-refractivity contribution in [3.63, 3.8) is 0 Å². The molecule has 2 rings (SSSR count). The van der Waals surface area contributed by atoms with E-state index in [1.807, 2.05) is 19.1 Å². The highest BCUT2D eigenvalue weighted by Gasteiger charge is 2.16. The van der Waals surface area contributed by atoms with Crippen molar-refractivity contribution in [3.8, 4) is 5.75 Å². The maximum atomic E-state index is 11.6. The van der Waals surface area contributed by atoms with Crippen LogP contribution in [0.5, 0.6) is 5.75 Å². The molecule has 0 spiro atoms. The van der Waals surface area contributed by atoms with Crippen molar-refractivity contribution in [2.45, 2.75) is 6.92 Å². The van der Waals surface area contributed by atoms with Gasteiger partial charge in [0.05, 0.1) is 11.1 Å². The largest absolute Gasteiger partial charge is 0.477 e. The van der Waals surface area contributed by atoms with Crippen molar-refractivity contribution in [1.29, 1.82) is 0 Å². The average molecular weight is 354 g/mol. The van der Waals surface area contributed by atoms with Gasteiger partial charge in [0.1, 0.15) is 0 Å². The number of amides is 1. The van der Waals surface area contributed by atoms with Gasteiger partial charge >= 0.3 is 5.69 Å². The smallest absolute Gasteiger partial charge is 0.312 e. The highest BCUT2D eigenvalue weighted by atomic mass is 35.5. The SMILES string of the molecule is Cc1ccc(/C=N\NC(=O)COc2ccc(Cl)cc2[N+](=O)[O-])s1. The molecule has 0 fully saturated rings. The molecule has 1 N–H and O–H groups in total. The van der Waals surface area contributed by atoms with Crippen LogP contribution < -0.4 is 10.2 Å². The molecule has 0 unspecified atom stereocenters. The van der Waals surface area contributed by atoms with E-state index in [2.05, 4.69) is 10.5 Å². The Bertz CT molecular complexity index is 760. The number of carbonyl (C=O) groups excluding carboxylic acids is 1. The fourth-order valence-electron chi connectivity index (χ4n) is 1.62. The standard InChI is InChI=1S/C14H12ClN3O4S/c1-9-2-4-11(23-9)7-16-17-14(19)8-22-13-5-3-10(15)6-12(13)18(20)21/h2-7H,8H2,1H3,(H,17,19)/b16-7-. The van der Waals surface area contributed by atoms with E-state index in [0.717, 1.165) is 15.8 Å². The summed E-state index contributed by atoms with van der Waals surface area (Å²) in [4.78, 5) is 23.9. The van der Waals surface area contributed by atoms with Gasteiger partial charge in [-0.2, -0.15) is 5.10 Å². The van der Waals surface area contributed by atoms with E-state index >= 15 is 0 Å². The molecule has 23 heavy (non-hydrogen) atoms. The van der Waals surface area contributed by atoms with Gasteiger partial charge in [-0.15, -0.1) is 11.3 Å². The van der Waals surface area contributed by atoms with E-state index in [-0.39, 0.29) is 16.5 Å². The number of nitro groups is 1. The number of hydrogen-bond donors (Lipinski definition) is 1. The Labute approximate surface area is 140 Å². The summed E-state index contributed by atoms with van der Waals surface area (Å²) < 4.78 is 5.14. The second-order valence-electron chi connectivity index (χ2n) is 4.40. The lowest BCUT2D eigenvalue weighted by atomic mass is 10.3. The molecule has 0 aliphatic rings. The van der Waals surface area contributed by atoms with Gasteiger partial charge in [-0.3, -0.25) is 14.9 Å². The first-order chi connectivity index (χ1) is 11.0. The highest BCUT2D eigenvalue weighted by molar-refractivity contribution is 7.13. The molecular formula is C14H12ClN3O4S. The van der Waals surface area contributed by atoms with Crippen LogP contribution in [0.4, 0.5) is 5.69 Å². The van der Waals surface area contributed by atoms with Crippen molar-refractivity contribution < 1.29 is 14.5 Å². The summed E-state index contributed by atoms with van der Waals surface area (Å²) >= 11 is 7.23. The Balaban J connectivity index is 1.89. The molecule has 0 saturated carbocycles. The number of hydrazone groups is 1. The summed E-state index contributed by atoms with van der Waals surface area (Å²) in [5, 5.41) is 14.9. The van der Waals surface area contributed by atoms with Crippen LogP contribution in [0.15, 0.2) is 35.4 Å². The van der Waals surface area contributed by atoms with Gasteiger partial charge in [0.2, 0.25) is 0 Å². The normalized spacial score (nSPS) is 10.7. The van der Waals surface area contributed by atoms with E-state index in [1.165, 1.54) is 29.7 Å². The minimum absolute atomic E-state index is 0.0348. The molecule has 1 heterocycles. The van der Waals surface area contributed by atoms with E-state index in [1.54, 1.807) is 0 Å². The molecule has 1 aromatic carbocycles. The molecule has 0 bridgehead atoms. The number of nitrogens with one attached hydrogen (secondary N) is 1. The molecule has 0 radical (unpaired) electrons. The molecule has 7 nitrogen and oxygen atoms in total. The average Bonchev–Trinajstić information content (AvgIpc) is 2.91. The van der Waals surface area contributed by atoms with E-state index in [4.69, 9.17) is 16.3 Å². The number of thiophene rings is 1. The maximum absolute atomic E-state index is 11.6. The summed E-state index contributed by atoms with van der Waals surface area (Å²) in [7, 11) is 0. The summed E-state index contributed by atoms with van der Waals surface area (Å²) in [6, 6.07) is 7.76. The van der Waals surface area contributed by atoms with E-state index in [9.17, 15) is 14.9 Å². The summed E-state index contributed by atoms with van der Waals surface area (Å²) in [5.41, 5.74) is 1.98. The zero-order valence-electron chi connectivity index (χ0n) is 12.0. The van der Waals surface area contributed by atoms with Gasteiger partial charge in [0.25, 0.3) is 5.91 Å². The Morgan fingerprint density at radius 1 is 1.48 bits per heavy atom. The first-order valence-electron chi connectivity index (χ1n) is 6.41. The molecule has 120 valence electrons. The Morgan fingerprint density at radius 2 is 2.26 bits per heavy atom. The summed E-state index contributed by atoms with van der Waals surface area (Å²) in [5.74, 6) is -0.564. The minimum Gasteiger partial charge on any atom is -0.477 e. The van der Waals surface area contributed by atoms with Crippen LogP contribution in [0.25, 0.3) is 0 Å². The number of halogens is 1. The van der Waals surface area contributed by atoms with Gasteiger partial charge in [-0.25, -0.2) is 5.43 Å². The van der Waals surface area contributed by atoms with Crippen molar-refractivity contribution in [1.82, 2.24) is 5.43 Å². The van der Waals surface area contributed by atoms with Crippen LogP contribution in [0.3, 0.4) is 0 Å². The Hall–Kier alpha value is -2.45. The fourth-order valence-corrected chi connectivity index (χ4v) is 2.54. The lowest BCUT2D eigenvalue weighted by molar-refractivity contribution is -0.385. The number of rotatable bonds is 6. The van der Waals surface area contributed by atoms with Crippen molar-refractivity contribution in [3.05, 3.63) is 55.2 Å². The number of nitrogens with zero attached hydrogens (tertiary/aromatic N) is 2. The number of hydrogen-bond acceptors (Lipinski definition) is 6. The van der Waals surface area contributed by atoms with Crippen molar-refractivity contribution in [2.75, 3.05) is 6.61 Å². The molecule has 9 heteroatoms. The van der Waals surface area contributed by atoms with E-state index < -0.39 is 17.4 Å². The molecule has 1 aromatic heterocycles. The van der Waals surface area contributed by atoms with Gasteiger partial charge in [-0.05, 0) is 31.2 Å². The zero-order chi connectivity index (χ0) is 16.8. The van der Waals surface area contributed by atoms with Crippen LogP contribution in [-0.4, -0.2) is 23.7 Å². The molecular weight excluding hydrogens is 342 g/mol. The lowest BCUT2D eigenvalue weighted by Gasteiger charge is -2.05. The topological polar surface area (TPSA) is 93.8 Å². The van der Waals surface area contributed by atoms with Crippen LogP contribution in [-0.2, 0) is 4.79 Å². The molecule has 2 aromatic rings. The van der Waals surface area contributed by atoms with Gasteiger partial charge in [-0.1, -0.05) is 11.6 Å². The van der Waals surface area contributed by atoms with Crippen molar-refractivity contribution >= 4 is 40.7 Å². The second kappa shape index (κ2) is 7.70. The highest BCUT2D eigenvalue weighted by Crippen LogP contribution is 2.29. The number of carbonyl (C=O) groups is 1. The second-order valence-corrected chi connectivity index (χ2v) is 6.16. The summed E-state index contributed by atoms with van der Waals surface area (Å²) in [6.07, 6.45) is 1.51. The third kappa shape index (κ3) is 5.04. The number of ether oxygens (including phenoxy) is 1.